The van der Waals surface area contributed by atoms with Gasteiger partial charge in [0.25, 0.3) is 0 Å². The third-order valence-corrected chi connectivity index (χ3v) is 14.7. The first kappa shape index (κ1) is 45.5. The van der Waals surface area contributed by atoms with E-state index >= 15 is 0 Å². The third-order valence-electron chi connectivity index (χ3n) is 13.6. The second-order valence-electron chi connectivity index (χ2n) is 17.7. The molecule has 0 radical (unpaired) electrons. The smallest absolute Gasteiger partial charge is 0.338 e. The number of aliphatic hydroxyl groups excluding tert-OH is 1. The van der Waals surface area contributed by atoms with E-state index in [9.17, 15) is 33.9 Å². The number of halogens is 2. The van der Waals surface area contributed by atoms with Gasteiger partial charge in [0.15, 0.2) is 30.6 Å². The Morgan fingerprint density at radius 3 is 2.00 bits per heavy atom. The predicted octanol–water partition coefficient (Wildman–Crippen LogP) is 8.59. The summed E-state index contributed by atoms with van der Waals surface area (Å²) in [6, 6.07) is 13.4. The Balaban J connectivity index is 1.27. The van der Waals surface area contributed by atoms with E-state index in [0.29, 0.717) is 41.5 Å². The standard InChI is InChI=1S/C47H52Br2O11/c1-26(41(54)57-24-36(52)29-8-12-32(48)13-9-29)20-34(51)21-27(2)45(6)18-16-35-40(42(55)58-25-37(53)30-10-14-33(49)15-11-30)31(22-39(46(35,45)7)59-28(3)50)23-47-19-17-38(60-47)44(4,5)43(47)56/h8-16,20,27,34,38-39,51H,17-19,21-25H2,1-7H3/t27-,34-,38-,39-,45+,46+,47-/m1/s1. The summed E-state index contributed by atoms with van der Waals surface area (Å²) in [4.78, 5) is 80.0. The number of fused-ring (bicyclic) bond motifs is 3. The Morgan fingerprint density at radius 2 is 1.47 bits per heavy atom. The molecule has 60 heavy (non-hydrogen) atoms. The van der Waals surface area contributed by atoms with Crippen LogP contribution in [-0.4, -0.2) is 77.5 Å². The number of esters is 3. The van der Waals surface area contributed by atoms with Crippen molar-refractivity contribution in [1.29, 1.82) is 0 Å². The fourth-order valence-electron chi connectivity index (χ4n) is 9.81. The van der Waals surface area contributed by atoms with Crippen molar-refractivity contribution in [2.45, 2.75) is 111 Å². The van der Waals surface area contributed by atoms with Crippen LogP contribution in [0, 0.1) is 22.2 Å². The summed E-state index contributed by atoms with van der Waals surface area (Å²) in [5.41, 5.74) is -1.32. The normalized spacial score (nSPS) is 27.8. The van der Waals surface area contributed by atoms with Crippen molar-refractivity contribution in [1.82, 2.24) is 0 Å². The molecule has 0 spiro atoms. The van der Waals surface area contributed by atoms with Gasteiger partial charge in [0, 0.05) is 50.8 Å². The molecule has 1 N–H and O–H groups in total. The summed E-state index contributed by atoms with van der Waals surface area (Å²) in [7, 11) is 0. The molecule has 13 heteroatoms. The zero-order valence-electron chi connectivity index (χ0n) is 35.0. The molecule has 0 unspecified atom stereocenters. The Morgan fingerprint density at radius 1 is 0.900 bits per heavy atom. The number of hydrogen-bond acceptors (Lipinski definition) is 11. The average molecular weight is 953 g/mol. The van der Waals surface area contributed by atoms with Gasteiger partial charge < -0.3 is 24.1 Å². The van der Waals surface area contributed by atoms with Crippen molar-refractivity contribution in [2.24, 2.45) is 22.2 Å². The van der Waals surface area contributed by atoms with Crippen LogP contribution in [0.5, 0.6) is 0 Å². The number of allylic oxidation sites excluding steroid dienone is 1. The summed E-state index contributed by atoms with van der Waals surface area (Å²) >= 11 is 6.70. The molecule has 2 aliphatic heterocycles. The van der Waals surface area contributed by atoms with Crippen molar-refractivity contribution < 1.29 is 52.8 Å². The van der Waals surface area contributed by atoms with E-state index in [0.717, 1.165) is 8.95 Å². The zero-order valence-corrected chi connectivity index (χ0v) is 38.2. The minimum absolute atomic E-state index is 0.0365. The number of benzene rings is 2. The largest absolute Gasteiger partial charge is 0.461 e. The lowest BCUT2D eigenvalue weighted by atomic mass is 9.52. The molecule has 0 amide bonds. The summed E-state index contributed by atoms with van der Waals surface area (Å²) in [5.74, 6) is -3.07. The van der Waals surface area contributed by atoms with Gasteiger partial charge >= 0.3 is 17.9 Å². The first-order valence-electron chi connectivity index (χ1n) is 20.2. The number of rotatable bonds is 15. The molecule has 2 aromatic rings. The topological polar surface area (TPSA) is 160 Å². The van der Waals surface area contributed by atoms with Crippen LogP contribution >= 0.6 is 31.9 Å². The van der Waals surface area contributed by atoms with Crippen LogP contribution in [-0.2, 0) is 38.1 Å². The molecule has 320 valence electrons. The molecule has 2 saturated heterocycles. The number of ether oxygens (including phenoxy) is 4. The SMILES string of the molecule is CC(=O)O[C@@H]1CC(C[C@@]23CC[C@@H](O2)C(C)(C)C3=O)=C(C(=O)OCC(=O)c2ccc(Br)cc2)C2=CC[C@@](C)([C@H](C)C[C@H](O)C=C(C)C(=O)OCC(=O)c3ccc(Br)cc3)[C@@]21C. The van der Waals surface area contributed by atoms with Gasteiger partial charge in [-0.3, -0.25) is 19.2 Å². The lowest BCUT2D eigenvalue weighted by Crippen LogP contribution is -2.53. The fourth-order valence-corrected chi connectivity index (χ4v) is 10.3. The molecule has 11 nitrogen and oxygen atoms in total. The number of hydrogen-bond donors (Lipinski definition) is 1. The van der Waals surface area contributed by atoms with E-state index < -0.39 is 65.2 Å². The predicted molar refractivity (Wildman–Crippen MR) is 229 cm³/mol. The third kappa shape index (κ3) is 8.56. The number of ketones is 3. The minimum Gasteiger partial charge on any atom is -0.461 e. The molecule has 7 atom stereocenters. The van der Waals surface area contributed by atoms with Gasteiger partial charge in [-0.2, -0.15) is 0 Å². The molecule has 2 fully saturated rings. The van der Waals surface area contributed by atoms with Gasteiger partial charge in [-0.05, 0) is 85.4 Å². The molecule has 2 aromatic carbocycles. The molecule has 0 aromatic heterocycles. The number of Topliss-reactive ketones (excluding diaryl/α,β-unsaturated/α-hetero) is 3. The molecule has 4 aliphatic rings. The second-order valence-corrected chi connectivity index (χ2v) is 19.5. The first-order chi connectivity index (χ1) is 28.1. The maximum atomic E-state index is 14.5. The minimum atomic E-state index is -1.16. The van der Waals surface area contributed by atoms with Crippen molar-refractivity contribution in [2.75, 3.05) is 13.2 Å². The average Bonchev–Trinajstić information content (AvgIpc) is 3.81. The van der Waals surface area contributed by atoms with Crippen LogP contribution in [0.25, 0.3) is 0 Å². The van der Waals surface area contributed by atoms with Crippen LogP contribution in [0.2, 0.25) is 0 Å². The quantitative estimate of drug-likeness (QED) is 0.0789. The Kier molecular flexibility index (Phi) is 13.2. The zero-order chi connectivity index (χ0) is 43.9. The summed E-state index contributed by atoms with van der Waals surface area (Å²) < 4.78 is 25.3. The van der Waals surface area contributed by atoms with Gasteiger partial charge in [-0.15, -0.1) is 0 Å². The lowest BCUT2D eigenvalue weighted by Gasteiger charge is -2.53. The van der Waals surface area contributed by atoms with Crippen molar-refractivity contribution in [3.8, 4) is 0 Å². The number of aliphatic hydroxyl groups is 1. The van der Waals surface area contributed by atoms with Crippen LogP contribution in [0.4, 0.5) is 0 Å². The highest BCUT2D eigenvalue weighted by molar-refractivity contribution is 9.10. The van der Waals surface area contributed by atoms with E-state index in [-0.39, 0.29) is 59.8 Å². The molecule has 2 heterocycles. The van der Waals surface area contributed by atoms with Gasteiger partial charge in [-0.1, -0.05) is 96.8 Å². The van der Waals surface area contributed by atoms with Crippen molar-refractivity contribution >= 4 is 67.1 Å². The summed E-state index contributed by atoms with van der Waals surface area (Å²) in [6.45, 7) is 11.6. The highest BCUT2D eigenvalue weighted by Crippen LogP contribution is 2.66. The van der Waals surface area contributed by atoms with Crippen LogP contribution < -0.4 is 0 Å². The first-order valence-corrected chi connectivity index (χ1v) is 21.8. The van der Waals surface area contributed by atoms with Crippen LogP contribution in [0.1, 0.15) is 108 Å². The number of carbonyl (C=O) groups excluding carboxylic acids is 6. The van der Waals surface area contributed by atoms with E-state index in [4.69, 9.17) is 18.9 Å². The summed E-state index contributed by atoms with van der Waals surface area (Å²) in [6.07, 6.45) is 3.19. The Labute approximate surface area is 367 Å². The Bertz CT molecular complexity index is 2190. The van der Waals surface area contributed by atoms with Crippen molar-refractivity contribution in [3.05, 3.63) is 103 Å². The van der Waals surface area contributed by atoms with Crippen LogP contribution in [0.3, 0.4) is 0 Å². The molecule has 6 rings (SSSR count). The highest BCUT2D eigenvalue weighted by atomic mass is 79.9. The number of carbonyl (C=O) groups is 6. The van der Waals surface area contributed by atoms with E-state index in [1.807, 2.05) is 40.7 Å². The van der Waals surface area contributed by atoms with Crippen molar-refractivity contribution in [3.63, 3.8) is 0 Å². The Hall–Kier alpha value is -4.04. The molecular weight excluding hydrogens is 900 g/mol. The van der Waals surface area contributed by atoms with Gasteiger partial charge in [0.05, 0.1) is 23.2 Å². The fraction of sp³-hybridized carbons (Fsp3) is 0.489. The maximum absolute atomic E-state index is 14.5. The van der Waals surface area contributed by atoms with Crippen LogP contribution in [0.15, 0.2) is 91.9 Å². The van der Waals surface area contributed by atoms with E-state index in [1.165, 1.54) is 19.9 Å². The van der Waals surface area contributed by atoms with Gasteiger partial charge in [0.1, 0.15) is 11.7 Å². The van der Waals surface area contributed by atoms with Gasteiger partial charge in [0.2, 0.25) is 0 Å². The van der Waals surface area contributed by atoms with E-state index in [1.54, 1.807) is 48.5 Å². The molecule has 2 bridgehead atoms. The monoisotopic (exact) mass is 950 g/mol. The van der Waals surface area contributed by atoms with Gasteiger partial charge in [-0.25, -0.2) is 9.59 Å². The molecular formula is C47H52Br2O11. The molecule has 0 saturated carbocycles. The maximum Gasteiger partial charge on any atom is 0.338 e. The second kappa shape index (κ2) is 17.4. The summed E-state index contributed by atoms with van der Waals surface area (Å²) in [5, 5.41) is 11.4. The van der Waals surface area contributed by atoms with E-state index in [2.05, 4.69) is 31.9 Å². The molecule has 2 aliphatic carbocycles. The lowest BCUT2D eigenvalue weighted by molar-refractivity contribution is -0.160. The highest BCUT2D eigenvalue weighted by Gasteiger charge is 2.66.